The van der Waals surface area contributed by atoms with Gasteiger partial charge >= 0.3 is 0 Å². The Morgan fingerprint density at radius 2 is 1.46 bits per heavy atom. The first-order valence-electron chi connectivity index (χ1n) is 12.9. The summed E-state index contributed by atoms with van der Waals surface area (Å²) in [5.41, 5.74) is 16.9. The van der Waals surface area contributed by atoms with Crippen molar-refractivity contribution in [1.82, 2.24) is 14.5 Å². The van der Waals surface area contributed by atoms with E-state index in [1.54, 1.807) is 0 Å². The molecule has 0 atom stereocenters. The second kappa shape index (κ2) is 9.74. The third-order valence-electron chi connectivity index (χ3n) is 7.17. The van der Waals surface area contributed by atoms with Crippen LogP contribution in [-0.2, 0) is 0 Å². The highest BCUT2D eigenvalue weighted by Gasteiger charge is 2.28. The normalized spacial score (nSPS) is 11.0. The fourth-order valence-corrected chi connectivity index (χ4v) is 5.27. The molecule has 3 heterocycles. The van der Waals surface area contributed by atoms with E-state index in [2.05, 4.69) is 6.07 Å². The lowest BCUT2D eigenvalue weighted by Crippen LogP contribution is -2.27. The van der Waals surface area contributed by atoms with Crippen molar-refractivity contribution in [3.05, 3.63) is 112 Å². The van der Waals surface area contributed by atoms with Gasteiger partial charge in [-0.05, 0) is 31.5 Å². The summed E-state index contributed by atoms with van der Waals surface area (Å²) in [7, 11) is 0. The van der Waals surface area contributed by atoms with Crippen LogP contribution in [0.25, 0.3) is 50.0 Å². The van der Waals surface area contributed by atoms with E-state index in [0.717, 1.165) is 5.56 Å². The van der Waals surface area contributed by atoms with E-state index in [9.17, 15) is 14.9 Å². The molecule has 0 aliphatic carbocycles. The standard InChI is InChI=1S/C33H24N6O2/c1-18-13-15-22(16-14-18)39-32-26(25(20-9-5-3-6-10-20)24(19(2)40)33(39)41)30-27(28(35)23(17-34)31(36)37-30)29(38-32)21-11-7-4-8-12-21/h3-16H,1-2H3,(H4,35,36,37). The minimum absolute atomic E-state index is 0.0110. The number of nitriles is 1. The van der Waals surface area contributed by atoms with E-state index >= 15 is 0 Å². The first kappa shape index (κ1) is 25.5. The molecule has 41 heavy (non-hydrogen) atoms. The van der Waals surface area contributed by atoms with Crippen molar-refractivity contribution < 1.29 is 4.79 Å². The van der Waals surface area contributed by atoms with Gasteiger partial charge in [0.2, 0.25) is 0 Å². The number of pyridine rings is 3. The van der Waals surface area contributed by atoms with Gasteiger partial charge in [0.25, 0.3) is 5.56 Å². The number of Topliss-reactive ketones (excluding diaryl/α,β-unsaturated/α-hetero) is 1. The number of nitrogens with zero attached hydrogens (tertiary/aromatic N) is 4. The fraction of sp³-hybridized carbons (Fsp3) is 0.0606. The van der Waals surface area contributed by atoms with E-state index in [0.29, 0.717) is 44.4 Å². The summed E-state index contributed by atoms with van der Waals surface area (Å²) in [6, 6.07) is 27.9. The van der Waals surface area contributed by atoms with Crippen LogP contribution in [0.1, 0.15) is 28.4 Å². The number of fused-ring (bicyclic) bond motifs is 3. The molecule has 0 bridgehead atoms. The van der Waals surface area contributed by atoms with E-state index in [1.165, 1.54) is 11.5 Å². The number of carbonyl (C=O) groups excluding carboxylic acids is 1. The predicted molar refractivity (Wildman–Crippen MR) is 162 cm³/mol. The van der Waals surface area contributed by atoms with Gasteiger partial charge in [0.15, 0.2) is 11.4 Å². The van der Waals surface area contributed by atoms with Gasteiger partial charge in [0.1, 0.15) is 17.5 Å². The second-order valence-corrected chi connectivity index (χ2v) is 9.79. The maximum absolute atomic E-state index is 14.3. The average Bonchev–Trinajstić information content (AvgIpc) is 2.97. The highest BCUT2D eigenvalue weighted by atomic mass is 16.1. The zero-order valence-corrected chi connectivity index (χ0v) is 22.3. The zero-order valence-electron chi connectivity index (χ0n) is 22.3. The molecule has 8 nitrogen and oxygen atoms in total. The van der Waals surface area contributed by atoms with Crippen molar-refractivity contribution in [2.45, 2.75) is 13.8 Å². The number of aromatic nitrogens is 3. The molecule has 0 amide bonds. The van der Waals surface area contributed by atoms with Gasteiger partial charge in [-0.25, -0.2) is 9.97 Å². The van der Waals surface area contributed by atoms with Crippen LogP contribution in [0.15, 0.2) is 89.7 Å². The van der Waals surface area contributed by atoms with Crippen LogP contribution < -0.4 is 17.0 Å². The lowest BCUT2D eigenvalue weighted by Gasteiger charge is -2.20. The van der Waals surface area contributed by atoms with E-state index in [4.69, 9.17) is 21.4 Å². The Labute approximate surface area is 235 Å². The molecular weight excluding hydrogens is 512 g/mol. The lowest BCUT2D eigenvalue weighted by molar-refractivity contribution is 0.101. The topological polar surface area (TPSA) is 141 Å². The quantitative estimate of drug-likeness (QED) is 0.214. The Hall–Kier alpha value is -5.81. The fourth-order valence-electron chi connectivity index (χ4n) is 5.27. The molecule has 6 rings (SSSR count). The lowest BCUT2D eigenvalue weighted by atomic mass is 9.92. The van der Waals surface area contributed by atoms with E-state index in [-0.39, 0.29) is 28.3 Å². The van der Waals surface area contributed by atoms with Crippen molar-refractivity contribution >= 4 is 39.2 Å². The number of aryl methyl sites for hydroxylation is 1. The Balaban J connectivity index is 1.99. The van der Waals surface area contributed by atoms with Gasteiger partial charge in [-0.15, -0.1) is 0 Å². The summed E-state index contributed by atoms with van der Waals surface area (Å²) >= 11 is 0. The van der Waals surface area contributed by atoms with Crippen molar-refractivity contribution in [2.75, 3.05) is 11.5 Å². The molecule has 4 N–H and O–H groups in total. The van der Waals surface area contributed by atoms with Crippen LogP contribution in [-0.4, -0.2) is 20.3 Å². The molecule has 3 aromatic carbocycles. The minimum atomic E-state index is -0.506. The van der Waals surface area contributed by atoms with Crippen LogP contribution in [0, 0.1) is 18.3 Å². The van der Waals surface area contributed by atoms with Gasteiger partial charge < -0.3 is 11.5 Å². The number of hydrogen-bond acceptors (Lipinski definition) is 7. The largest absolute Gasteiger partial charge is 0.397 e. The maximum Gasteiger partial charge on any atom is 0.268 e. The van der Waals surface area contributed by atoms with Crippen LogP contribution in [0.2, 0.25) is 0 Å². The van der Waals surface area contributed by atoms with Crippen molar-refractivity contribution in [3.8, 4) is 34.1 Å². The molecule has 3 aromatic heterocycles. The SMILES string of the molecule is CC(=O)c1c(-c2ccccc2)c2c3nc(N)c(C#N)c(N)c3c(-c3ccccc3)nc2n(-c2ccc(C)cc2)c1=O. The first-order chi connectivity index (χ1) is 19.8. The number of benzene rings is 3. The monoisotopic (exact) mass is 536 g/mol. The Morgan fingerprint density at radius 3 is 2.05 bits per heavy atom. The van der Waals surface area contributed by atoms with Gasteiger partial charge in [0, 0.05) is 11.1 Å². The molecule has 0 radical (unpaired) electrons. The summed E-state index contributed by atoms with van der Waals surface area (Å²) in [5, 5.41) is 10.7. The summed E-state index contributed by atoms with van der Waals surface area (Å²) in [5.74, 6) is -0.466. The molecular formula is C33H24N6O2. The van der Waals surface area contributed by atoms with Gasteiger partial charge in [-0.2, -0.15) is 5.26 Å². The number of nitrogen functional groups attached to an aromatic ring is 2. The van der Waals surface area contributed by atoms with Crippen molar-refractivity contribution in [2.24, 2.45) is 0 Å². The molecule has 0 saturated heterocycles. The molecule has 0 saturated carbocycles. The number of ketones is 1. The summed E-state index contributed by atoms with van der Waals surface area (Å²) < 4.78 is 1.44. The van der Waals surface area contributed by atoms with Crippen LogP contribution >= 0.6 is 0 Å². The maximum atomic E-state index is 14.3. The third-order valence-corrected chi connectivity index (χ3v) is 7.17. The molecule has 0 fully saturated rings. The molecule has 8 heteroatoms. The molecule has 6 aromatic rings. The first-order valence-corrected chi connectivity index (χ1v) is 12.9. The number of rotatable bonds is 4. The summed E-state index contributed by atoms with van der Waals surface area (Å²) in [6.07, 6.45) is 0. The molecule has 198 valence electrons. The molecule has 0 spiro atoms. The van der Waals surface area contributed by atoms with E-state index in [1.807, 2.05) is 91.9 Å². The molecule has 0 aliphatic heterocycles. The number of carbonyl (C=O) groups is 1. The van der Waals surface area contributed by atoms with Gasteiger partial charge in [0.05, 0.1) is 38.9 Å². The minimum Gasteiger partial charge on any atom is -0.397 e. The third kappa shape index (κ3) is 3.99. The number of anilines is 2. The van der Waals surface area contributed by atoms with Gasteiger partial charge in [-0.1, -0.05) is 78.4 Å². The van der Waals surface area contributed by atoms with E-state index < -0.39 is 11.3 Å². The highest BCUT2D eigenvalue weighted by molar-refractivity contribution is 6.21. The Bertz CT molecular complexity index is 2110. The summed E-state index contributed by atoms with van der Waals surface area (Å²) in [6.45, 7) is 3.32. The van der Waals surface area contributed by atoms with Crippen LogP contribution in [0.4, 0.5) is 11.5 Å². The zero-order chi connectivity index (χ0) is 28.8. The Morgan fingerprint density at radius 1 is 0.854 bits per heavy atom. The van der Waals surface area contributed by atoms with Crippen molar-refractivity contribution in [3.63, 3.8) is 0 Å². The summed E-state index contributed by atoms with van der Waals surface area (Å²) in [4.78, 5) is 37.3. The van der Waals surface area contributed by atoms with Crippen LogP contribution in [0.3, 0.4) is 0 Å². The molecule has 0 unspecified atom stereocenters. The molecule has 0 aliphatic rings. The Kier molecular flexibility index (Phi) is 6.05. The smallest absolute Gasteiger partial charge is 0.268 e. The van der Waals surface area contributed by atoms with Crippen molar-refractivity contribution in [1.29, 1.82) is 5.26 Å². The van der Waals surface area contributed by atoms with Crippen LogP contribution in [0.5, 0.6) is 0 Å². The highest BCUT2D eigenvalue weighted by Crippen LogP contribution is 2.42. The second-order valence-electron chi connectivity index (χ2n) is 9.79. The number of nitrogens with two attached hydrogens (primary N) is 2. The average molecular weight is 537 g/mol. The number of hydrogen-bond donors (Lipinski definition) is 2. The van der Waals surface area contributed by atoms with Gasteiger partial charge in [-0.3, -0.25) is 14.2 Å². The predicted octanol–water partition coefficient (Wildman–Crippen LogP) is 5.82.